The molecule has 8 nitrogen and oxygen atoms in total. The minimum atomic E-state index is -0.241. The number of aromatic amines is 1. The fourth-order valence-corrected chi connectivity index (χ4v) is 3.43. The smallest absolute Gasteiger partial charge is 0.251 e. The van der Waals surface area contributed by atoms with Crippen LogP contribution in [-0.4, -0.2) is 49.2 Å². The predicted molar refractivity (Wildman–Crippen MR) is 96.0 cm³/mol. The largest absolute Gasteiger partial charge is 0.368 e. The summed E-state index contributed by atoms with van der Waals surface area (Å²) in [6.07, 6.45) is 1.64. The molecule has 0 radical (unpaired) electrons. The van der Waals surface area contributed by atoms with Gasteiger partial charge in [-0.25, -0.2) is 14.5 Å². The highest BCUT2D eigenvalue weighted by atomic mass is 16.5. The number of hydrogen-bond acceptors (Lipinski definition) is 6. The molecule has 4 heterocycles. The molecule has 1 aliphatic heterocycles. The summed E-state index contributed by atoms with van der Waals surface area (Å²) in [6.45, 7) is 8.64. The Morgan fingerprint density at radius 1 is 1.23 bits per heavy atom. The summed E-state index contributed by atoms with van der Waals surface area (Å²) in [5, 5.41) is 4.46. The fourth-order valence-electron chi connectivity index (χ4n) is 3.43. The highest BCUT2D eigenvalue weighted by molar-refractivity contribution is 5.47. The van der Waals surface area contributed by atoms with E-state index in [-0.39, 0.29) is 11.7 Å². The number of H-pyrrole nitrogens is 1. The van der Waals surface area contributed by atoms with Crippen molar-refractivity contribution in [1.82, 2.24) is 29.5 Å². The molecule has 3 aromatic heterocycles. The average Bonchev–Trinajstić information content (AvgIpc) is 2.97. The second-order valence-corrected chi connectivity index (χ2v) is 6.81. The van der Waals surface area contributed by atoms with Crippen LogP contribution in [0.2, 0.25) is 0 Å². The molecule has 0 spiro atoms. The van der Waals surface area contributed by atoms with Crippen LogP contribution in [0.25, 0.3) is 5.65 Å². The molecule has 0 unspecified atom stereocenters. The number of aromatic nitrogens is 5. The lowest BCUT2D eigenvalue weighted by Gasteiger charge is -2.32. The summed E-state index contributed by atoms with van der Waals surface area (Å²) in [5.41, 5.74) is 4.59. The van der Waals surface area contributed by atoms with Crippen molar-refractivity contribution in [3.63, 3.8) is 0 Å². The summed E-state index contributed by atoms with van der Waals surface area (Å²) < 4.78 is 7.71. The zero-order valence-electron chi connectivity index (χ0n) is 15.2. The monoisotopic (exact) mass is 354 g/mol. The minimum absolute atomic E-state index is 0.147. The van der Waals surface area contributed by atoms with Crippen molar-refractivity contribution in [2.45, 2.75) is 33.4 Å². The van der Waals surface area contributed by atoms with Gasteiger partial charge in [-0.15, -0.1) is 0 Å². The van der Waals surface area contributed by atoms with Gasteiger partial charge in [0.15, 0.2) is 5.65 Å². The zero-order valence-corrected chi connectivity index (χ0v) is 15.2. The molecule has 0 amide bonds. The first-order valence-electron chi connectivity index (χ1n) is 8.72. The van der Waals surface area contributed by atoms with Crippen LogP contribution < -0.4 is 5.56 Å². The quantitative estimate of drug-likeness (QED) is 0.763. The Morgan fingerprint density at radius 3 is 2.85 bits per heavy atom. The van der Waals surface area contributed by atoms with Crippen molar-refractivity contribution in [1.29, 1.82) is 0 Å². The van der Waals surface area contributed by atoms with Crippen molar-refractivity contribution in [2.24, 2.45) is 0 Å². The number of rotatable bonds is 3. The van der Waals surface area contributed by atoms with Crippen molar-refractivity contribution >= 4 is 5.65 Å². The highest BCUT2D eigenvalue weighted by Crippen LogP contribution is 2.21. The van der Waals surface area contributed by atoms with E-state index in [2.05, 4.69) is 25.0 Å². The number of nitrogens with one attached hydrogen (secondary N) is 1. The van der Waals surface area contributed by atoms with Crippen molar-refractivity contribution in [3.05, 3.63) is 57.2 Å². The Labute approximate surface area is 150 Å². The number of nitrogens with zero attached hydrogens (tertiary/aromatic N) is 5. The average molecular weight is 354 g/mol. The first-order chi connectivity index (χ1) is 12.5. The molecular weight excluding hydrogens is 332 g/mol. The molecule has 1 saturated heterocycles. The van der Waals surface area contributed by atoms with Crippen LogP contribution in [0.1, 0.15) is 34.6 Å². The van der Waals surface area contributed by atoms with Gasteiger partial charge in [-0.3, -0.25) is 9.69 Å². The van der Waals surface area contributed by atoms with E-state index in [1.807, 2.05) is 37.5 Å². The molecule has 0 aliphatic carbocycles. The van der Waals surface area contributed by atoms with E-state index < -0.39 is 0 Å². The van der Waals surface area contributed by atoms with Crippen LogP contribution in [0.3, 0.4) is 0 Å². The van der Waals surface area contributed by atoms with Crippen LogP contribution in [0, 0.1) is 20.8 Å². The van der Waals surface area contributed by atoms with Gasteiger partial charge in [-0.05, 0) is 26.8 Å². The number of aryl methyl sites for hydroxylation is 3. The molecule has 0 bridgehead atoms. The lowest BCUT2D eigenvalue weighted by Crippen LogP contribution is -2.39. The Bertz CT molecular complexity index is 1010. The lowest BCUT2D eigenvalue weighted by atomic mass is 10.2. The minimum Gasteiger partial charge on any atom is -0.368 e. The van der Waals surface area contributed by atoms with Gasteiger partial charge in [0.05, 0.1) is 12.8 Å². The van der Waals surface area contributed by atoms with E-state index in [4.69, 9.17) is 4.74 Å². The predicted octanol–water partition coefficient (Wildman–Crippen LogP) is 1.31. The van der Waals surface area contributed by atoms with Gasteiger partial charge < -0.3 is 9.72 Å². The van der Waals surface area contributed by atoms with Crippen molar-refractivity contribution in [3.8, 4) is 0 Å². The number of fused-ring (bicyclic) bond motifs is 1. The molecule has 1 atom stereocenters. The van der Waals surface area contributed by atoms with Gasteiger partial charge in [0.2, 0.25) is 0 Å². The number of hydrogen-bond donors (Lipinski definition) is 1. The van der Waals surface area contributed by atoms with Crippen LogP contribution in [0.15, 0.2) is 23.1 Å². The Morgan fingerprint density at radius 2 is 2.04 bits per heavy atom. The van der Waals surface area contributed by atoms with Gasteiger partial charge in [0.1, 0.15) is 11.9 Å². The van der Waals surface area contributed by atoms with Crippen molar-refractivity contribution < 1.29 is 4.74 Å². The molecule has 4 rings (SSSR count). The van der Waals surface area contributed by atoms with E-state index in [9.17, 15) is 4.79 Å². The van der Waals surface area contributed by atoms with E-state index in [0.29, 0.717) is 24.7 Å². The van der Waals surface area contributed by atoms with Crippen LogP contribution in [0.5, 0.6) is 0 Å². The zero-order chi connectivity index (χ0) is 18.3. The number of ether oxygens (including phenoxy) is 1. The second-order valence-electron chi connectivity index (χ2n) is 6.81. The molecule has 1 fully saturated rings. The van der Waals surface area contributed by atoms with Gasteiger partial charge in [0.25, 0.3) is 5.56 Å². The van der Waals surface area contributed by atoms with Crippen LogP contribution in [-0.2, 0) is 11.3 Å². The molecular formula is C18H22N6O2. The molecule has 0 saturated carbocycles. The highest BCUT2D eigenvalue weighted by Gasteiger charge is 2.25. The molecule has 1 N–H and O–H groups in total. The fraction of sp³-hybridized carbons (Fsp3) is 0.444. The van der Waals surface area contributed by atoms with Crippen LogP contribution >= 0.6 is 0 Å². The summed E-state index contributed by atoms with van der Waals surface area (Å²) in [6, 6.07) is 3.51. The van der Waals surface area contributed by atoms with Gasteiger partial charge in [-0.2, -0.15) is 5.10 Å². The summed E-state index contributed by atoms with van der Waals surface area (Å²) in [7, 11) is 0. The normalized spacial score (nSPS) is 18.5. The third-order valence-corrected chi connectivity index (χ3v) is 4.59. The lowest BCUT2D eigenvalue weighted by molar-refractivity contribution is -0.0373. The molecule has 0 aromatic carbocycles. The van der Waals surface area contributed by atoms with E-state index in [1.165, 1.54) is 6.07 Å². The topological polar surface area (TPSA) is 88.4 Å². The molecule has 136 valence electrons. The van der Waals surface area contributed by atoms with E-state index in [0.717, 1.165) is 35.7 Å². The first kappa shape index (κ1) is 16.9. The maximum absolute atomic E-state index is 11.7. The third kappa shape index (κ3) is 3.25. The van der Waals surface area contributed by atoms with Gasteiger partial charge in [0, 0.05) is 48.3 Å². The molecule has 1 aliphatic rings. The van der Waals surface area contributed by atoms with Gasteiger partial charge in [-0.1, -0.05) is 0 Å². The second kappa shape index (κ2) is 6.62. The standard InChI is InChI=1S/C18H22N6O2/c1-11-6-13(3)24-18(21-11)14(8-19-24)9-23-4-5-26-15(10-23)17-20-12(2)7-16(25)22-17/h6-8,15H,4-5,9-10H2,1-3H3,(H,20,22,25)/t15-/m0/s1. The van der Waals surface area contributed by atoms with E-state index in [1.54, 1.807) is 0 Å². The summed E-state index contributed by atoms with van der Waals surface area (Å²) in [4.78, 5) is 25.9. The third-order valence-electron chi connectivity index (χ3n) is 4.59. The summed E-state index contributed by atoms with van der Waals surface area (Å²) >= 11 is 0. The van der Waals surface area contributed by atoms with Crippen LogP contribution in [0.4, 0.5) is 0 Å². The maximum Gasteiger partial charge on any atom is 0.251 e. The summed E-state index contributed by atoms with van der Waals surface area (Å²) in [5.74, 6) is 0.587. The maximum atomic E-state index is 11.7. The number of morpholine rings is 1. The Kier molecular flexibility index (Phi) is 4.29. The Balaban J connectivity index is 1.56. The Hall–Kier alpha value is -2.58. The molecule has 3 aromatic rings. The first-order valence-corrected chi connectivity index (χ1v) is 8.72. The SMILES string of the molecule is Cc1cc(=O)[nH]c([C@@H]2CN(Cc3cnn4c(C)cc(C)nc34)CCO2)n1. The van der Waals surface area contributed by atoms with E-state index >= 15 is 0 Å². The van der Waals surface area contributed by atoms with Gasteiger partial charge >= 0.3 is 0 Å². The molecule has 8 heteroatoms. The van der Waals surface area contributed by atoms with Crippen molar-refractivity contribution in [2.75, 3.05) is 19.7 Å². The molecule has 26 heavy (non-hydrogen) atoms.